The molecule has 0 spiro atoms. The molecule has 0 aromatic heterocycles. The summed E-state index contributed by atoms with van der Waals surface area (Å²) in [6, 6.07) is 0. The number of rotatable bonds is 8. The van der Waals surface area contributed by atoms with E-state index in [0.29, 0.717) is 6.61 Å². The Hall–Kier alpha value is -1.40. The number of carbonyl (C=O) groups is 1. The molecule has 0 fully saturated rings. The Bertz CT molecular complexity index is 217. The van der Waals surface area contributed by atoms with Crippen LogP contribution in [0.2, 0.25) is 0 Å². The third-order valence-electron chi connectivity index (χ3n) is 1.29. The van der Waals surface area contributed by atoms with Crippen molar-refractivity contribution in [2.45, 2.75) is 6.10 Å². The van der Waals surface area contributed by atoms with E-state index in [1.165, 1.54) is 7.11 Å². The van der Waals surface area contributed by atoms with Crippen molar-refractivity contribution in [1.29, 1.82) is 0 Å². The summed E-state index contributed by atoms with van der Waals surface area (Å²) in [5, 5.41) is 12.1. The highest BCUT2D eigenvalue weighted by molar-refractivity contribution is 6.22. The lowest BCUT2D eigenvalue weighted by molar-refractivity contribution is -0.145. The molecule has 0 aromatic carbocycles. The van der Waals surface area contributed by atoms with E-state index in [4.69, 9.17) is 14.6 Å². The van der Waals surface area contributed by atoms with Gasteiger partial charge >= 0.3 is 5.97 Å². The summed E-state index contributed by atoms with van der Waals surface area (Å²) in [5.74, 6) is -0.696. The molecular weight excluding hydrogens is 202 g/mol. The van der Waals surface area contributed by atoms with Gasteiger partial charge in [-0.1, -0.05) is 11.2 Å². The fourth-order valence-corrected chi connectivity index (χ4v) is 0.697. The lowest BCUT2D eigenvalue weighted by atomic mass is 10.4. The summed E-state index contributed by atoms with van der Waals surface area (Å²) in [5.41, 5.74) is 0. The number of carbonyl (C=O) groups excluding carboxylic acids is 1. The first-order chi connectivity index (χ1) is 7.24. The lowest BCUT2D eigenvalue weighted by Gasteiger charge is -2.13. The van der Waals surface area contributed by atoms with Crippen LogP contribution < -0.4 is 0 Å². The van der Waals surface area contributed by atoms with Crippen LogP contribution >= 0.6 is 0 Å². The Labute approximate surface area is 88.1 Å². The largest absolute Gasteiger partial charge is 0.453 e. The van der Waals surface area contributed by atoms with Crippen molar-refractivity contribution in [3.05, 3.63) is 12.7 Å². The van der Waals surface area contributed by atoms with Crippen LogP contribution in [0.4, 0.5) is 0 Å². The molecule has 0 aromatic rings. The summed E-state index contributed by atoms with van der Waals surface area (Å²) in [7, 11) is 1.31. The summed E-state index contributed by atoms with van der Waals surface area (Å²) in [6.07, 6.45) is 1.72. The second-order valence-corrected chi connectivity index (χ2v) is 2.48. The van der Waals surface area contributed by atoms with Crippen LogP contribution in [-0.2, 0) is 19.1 Å². The Morgan fingerprint density at radius 3 is 2.93 bits per heavy atom. The maximum absolute atomic E-state index is 11.0. The fourth-order valence-electron chi connectivity index (χ4n) is 0.697. The monoisotopic (exact) mass is 217 g/mol. The summed E-state index contributed by atoms with van der Waals surface area (Å²) in [4.78, 5) is 15.3. The fraction of sp³-hybridized carbons (Fsp3) is 0.556. The first-order valence-electron chi connectivity index (χ1n) is 4.31. The molecule has 0 heterocycles. The zero-order valence-electron chi connectivity index (χ0n) is 8.59. The molecule has 0 saturated carbocycles. The van der Waals surface area contributed by atoms with E-state index < -0.39 is 12.1 Å². The Balaban J connectivity index is 3.81. The van der Waals surface area contributed by atoms with Gasteiger partial charge in [0.05, 0.1) is 19.8 Å². The third-order valence-corrected chi connectivity index (χ3v) is 1.29. The molecule has 0 amide bonds. The molecule has 0 rings (SSSR count). The molecule has 1 N–H and O–H groups in total. The van der Waals surface area contributed by atoms with E-state index in [-0.39, 0.29) is 13.2 Å². The highest BCUT2D eigenvalue weighted by Crippen LogP contribution is 1.93. The normalized spacial score (nSPS) is 12.4. The highest BCUT2D eigenvalue weighted by atomic mass is 16.6. The summed E-state index contributed by atoms with van der Waals surface area (Å²) >= 11 is 0. The van der Waals surface area contributed by atoms with Crippen molar-refractivity contribution >= 4 is 12.2 Å². The second-order valence-electron chi connectivity index (χ2n) is 2.48. The van der Waals surface area contributed by atoms with E-state index >= 15 is 0 Å². The van der Waals surface area contributed by atoms with Gasteiger partial charge in [-0.2, -0.15) is 0 Å². The van der Waals surface area contributed by atoms with Crippen molar-refractivity contribution in [2.24, 2.45) is 5.16 Å². The smallest absolute Gasteiger partial charge is 0.353 e. The van der Waals surface area contributed by atoms with Crippen LogP contribution in [0.15, 0.2) is 17.8 Å². The first kappa shape index (κ1) is 13.6. The zero-order chi connectivity index (χ0) is 11.5. The van der Waals surface area contributed by atoms with Crippen molar-refractivity contribution < 1.29 is 24.2 Å². The van der Waals surface area contributed by atoms with Gasteiger partial charge in [0, 0.05) is 0 Å². The SMILES string of the molecule is C=CCOCC(CO)OC(=O)/C=N/OC. The molecule has 1 unspecified atom stereocenters. The van der Waals surface area contributed by atoms with Gasteiger partial charge in [-0.25, -0.2) is 4.79 Å². The minimum atomic E-state index is -0.708. The van der Waals surface area contributed by atoms with Crippen molar-refractivity contribution in [1.82, 2.24) is 0 Å². The minimum Gasteiger partial charge on any atom is -0.453 e. The molecule has 0 saturated heterocycles. The Morgan fingerprint density at radius 1 is 1.67 bits per heavy atom. The molecule has 6 heteroatoms. The summed E-state index contributed by atoms with van der Waals surface area (Å²) < 4.78 is 9.78. The number of hydrogen-bond acceptors (Lipinski definition) is 6. The molecule has 0 aliphatic rings. The van der Waals surface area contributed by atoms with Crippen LogP contribution in [0.1, 0.15) is 0 Å². The van der Waals surface area contributed by atoms with Gasteiger partial charge < -0.3 is 19.4 Å². The number of esters is 1. The van der Waals surface area contributed by atoms with Gasteiger partial charge in [-0.15, -0.1) is 6.58 Å². The number of nitrogens with zero attached hydrogens (tertiary/aromatic N) is 1. The van der Waals surface area contributed by atoms with Gasteiger partial charge in [-0.3, -0.25) is 0 Å². The van der Waals surface area contributed by atoms with Crippen LogP contribution in [0.5, 0.6) is 0 Å². The van der Waals surface area contributed by atoms with Gasteiger partial charge in [0.25, 0.3) is 0 Å². The predicted molar refractivity (Wildman–Crippen MR) is 53.5 cm³/mol. The molecule has 0 aliphatic carbocycles. The van der Waals surface area contributed by atoms with Crippen LogP contribution in [0.3, 0.4) is 0 Å². The van der Waals surface area contributed by atoms with Gasteiger partial charge in [0.1, 0.15) is 13.2 Å². The van der Waals surface area contributed by atoms with E-state index in [9.17, 15) is 4.79 Å². The topological polar surface area (TPSA) is 77.4 Å². The Kier molecular flexibility index (Phi) is 8.31. The van der Waals surface area contributed by atoms with Crippen molar-refractivity contribution in [3.63, 3.8) is 0 Å². The van der Waals surface area contributed by atoms with Crippen molar-refractivity contribution in [3.8, 4) is 0 Å². The van der Waals surface area contributed by atoms with E-state index in [1.807, 2.05) is 0 Å². The number of aliphatic hydroxyl groups excluding tert-OH is 1. The van der Waals surface area contributed by atoms with Gasteiger partial charge in [-0.05, 0) is 0 Å². The standard InChI is InChI=1S/C9H15NO5/c1-3-4-14-7-8(6-11)15-9(12)5-10-13-2/h3,5,8,11H,1,4,6-7H2,2H3/b10-5+. The lowest BCUT2D eigenvalue weighted by Crippen LogP contribution is -2.27. The molecule has 6 nitrogen and oxygen atoms in total. The number of oxime groups is 1. The number of ether oxygens (including phenoxy) is 2. The Morgan fingerprint density at radius 2 is 2.40 bits per heavy atom. The number of aliphatic hydroxyl groups is 1. The second kappa shape index (κ2) is 9.17. The molecular formula is C9H15NO5. The molecule has 86 valence electrons. The minimum absolute atomic E-state index is 0.106. The molecule has 0 aliphatic heterocycles. The maximum Gasteiger partial charge on any atom is 0.353 e. The highest BCUT2D eigenvalue weighted by Gasteiger charge is 2.11. The van der Waals surface area contributed by atoms with E-state index in [1.54, 1.807) is 6.08 Å². The van der Waals surface area contributed by atoms with Gasteiger partial charge in [0.15, 0.2) is 6.21 Å². The maximum atomic E-state index is 11.0. The average molecular weight is 217 g/mol. The predicted octanol–water partition coefficient (Wildman–Crippen LogP) is -0.275. The molecule has 15 heavy (non-hydrogen) atoms. The molecule has 1 atom stereocenters. The first-order valence-corrected chi connectivity index (χ1v) is 4.31. The molecule has 0 radical (unpaired) electrons. The number of hydrogen-bond donors (Lipinski definition) is 1. The van der Waals surface area contributed by atoms with Crippen molar-refractivity contribution in [2.75, 3.05) is 26.9 Å². The van der Waals surface area contributed by atoms with E-state index in [0.717, 1.165) is 6.21 Å². The summed E-state index contributed by atoms with van der Waals surface area (Å²) in [6.45, 7) is 3.58. The quantitative estimate of drug-likeness (QED) is 0.199. The van der Waals surface area contributed by atoms with Crippen LogP contribution in [0.25, 0.3) is 0 Å². The third kappa shape index (κ3) is 7.65. The molecule has 0 bridgehead atoms. The average Bonchev–Trinajstić information content (AvgIpc) is 2.25. The zero-order valence-corrected chi connectivity index (χ0v) is 8.59. The van der Waals surface area contributed by atoms with Crippen LogP contribution in [-0.4, -0.2) is 50.3 Å². The van der Waals surface area contributed by atoms with Gasteiger partial charge in [0.2, 0.25) is 0 Å². The van der Waals surface area contributed by atoms with Crippen LogP contribution in [0, 0.1) is 0 Å². The van der Waals surface area contributed by atoms with E-state index in [2.05, 4.69) is 16.6 Å².